The second-order valence-corrected chi connectivity index (χ2v) is 6.36. The van der Waals surface area contributed by atoms with Gasteiger partial charge in [-0.1, -0.05) is 54.1 Å². The third kappa shape index (κ3) is 6.84. The van der Waals surface area contributed by atoms with E-state index in [4.69, 9.17) is 11.6 Å². The molecule has 0 aliphatic rings. The van der Waals surface area contributed by atoms with Crippen LogP contribution in [0, 0.1) is 0 Å². The van der Waals surface area contributed by atoms with Gasteiger partial charge in [-0.3, -0.25) is 4.79 Å². The molecule has 2 rings (SSSR count). The van der Waals surface area contributed by atoms with Crippen LogP contribution in [0.3, 0.4) is 0 Å². The summed E-state index contributed by atoms with van der Waals surface area (Å²) in [7, 11) is 0. The Morgan fingerprint density at radius 3 is 2.42 bits per heavy atom. The zero-order valence-corrected chi connectivity index (χ0v) is 15.1. The molecule has 2 aromatic rings. The van der Waals surface area contributed by atoms with Crippen LogP contribution in [0.5, 0.6) is 0 Å². The topological polar surface area (TPSA) is 102 Å². The number of amides is 1. The second kappa shape index (κ2) is 10.6. The van der Waals surface area contributed by atoms with Gasteiger partial charge in [0, 0.05) is 5.56 Å². The molecule has 0 radical (unpaired) electrons. The van der Waals surface area contributed by atoms with Crippen molar-refractivity contribution in [2.45, 2.75) is 19.0 Å². The highest BCUT2D eigenvalue weighted by Gasteiger charge is 2.19. The predicted octanol–water partition coefficient (Wildman–Crippen LogP) is -0.886. The van der Waals surface area contributed by atoms with E-state index in [1.54, 1.807) is 29.6 Å². The summed E-state index contributed by atoms with van der Waals surface area (Å²) in [6.45, 7) is 2.15. The number of hydrogen-bond donors (Lipinski definition) is 3. The predicted molar refractivity (Wildman–Crippen MR) is 97.2 cm³/mol. The summed E-state index contributed by atoms with van der Waals surface area (Å²) in [5.74, 6) is -1.65. The Bertz CT molecular complexity index is 725. The van der Waals surface area contributed by atoms with E-state index in [-0.39, 0.29) is 6.42 Å². The molecule has 138 valence electrons. The summed E-state index contributed by atoms with van der Waals surface area (Å²) in [6, 6.07) is 15.9. The van der Waals surface area contributed by atoms with Crippen LogP contribution in [0.1, 0.15) is 12.0 Å². The monoisotopic (exact) mass is 376 g/mol. The molecule has 0 bridgehead atoms. The molecule has 0 unspecified atom stereocenters. The number of anilines is 1. The van der Waals surface area contributed by atoms with Crippen LogP contribution in [0.25, 0.3) is 0 Å². The quantitative estimate of drug-likeness (QED) is 0.469. The summed E-state index contributed by atoms with van der Waals surface area (Å²) >= 11 is 5.98. The van der Waals surface area contributed by atoms with Crippen molar-refractivity contribution in [1.82, 2.24) is 0 Å². The lowest BCUT2D eigenvalue weighted by Gasteiger charge is -2.16. The maximum Gasteiger partial charge on any atom is 0.230 e. The fourth-order valence-corrected chi connectivity index (χ4v) is 2.71. The Morgan fingerprint density at radius 1 is 1.04 bits per heavy atom. The molecule has 0 fully saturated rings. The van der Waals surface area contributed by atoms with E-state index in [0.29, 0.717) is 17.3 Å². The van der Waals surface area contributed by atoms with E-state index in [9.17, 15) is 14.7 Å². The van der Waals surface area contributed by atoms with Crippen molar-refractivity contribution in [3.05, 3.63) is 65.2 Å². The Balaban J connectivity index is 1.73. The Labute approximate surface area is 157 Å². The molecule has 2 aromatic carbocycles. The Hall–Kier alpha value is -2.41. The maximum atomic E-state index is 12.1. The van der Waals surface area contributed by atoms with Crippen LogP contribution < -0.4 is 21.1 Å². The van der Waals surface area contributed by atoms with Crippen molar-refractivity contribution < 1.29 is 25.3 Å². The zero-order valence-electron chi connectivity index (χ0n) is 14.4. The van der Waals surface area contributed by atoms with Gasteiger partial charge in [0.2, 0.25) is 5.91 Å². The minimum atomic E-state index is -1.25. The van der Waals surface area contributed by atoms with Crippen LogP contribution in [-0.2, 0) is 16.1 Å². The number of benzene rings is 2. The van der Waals surface area contributed by atoms with Crippen molar-refractivity contribution in [3.8, 4) is 0 Å². The van der Waals surface area contributed by atoms with Crippen LogP contribution in [0.2, 0.25) is 5.02 Å². The molecule has 5 N–H and O–H groups in total. The molecule has 0 spiro atoms. The third-order valence-electron chi connectivity index (χ3n) is 3.90. The lowest BCUT2D eigenvalue weighted by atomic mass is 10.2. The average molecular weight is 377 g/mol. The van der Waals surface area contributed by atoms with Gasteiger partial charge >= 0.3 is 0 Å². The SMILES string of the molecule is O=C(C[C@@H]([NH2+]CC[NH2+]Cc1ccccc1)C(=O)[O-])Nc1ccccc1Cl. The van der Waals surface area contributed by atoms with Crippen LogP contribution in [-0.4, -0.2) is 31.0 Å². The summed E-state index contributed by atoms with van der Waals surface area (Å²) in [5.41, 5.74) is 1.68. The number of nitrogens with two attached hydrogens (primary N) is 2. The van der Waals surface area contributed by atoms with Gasteiger partial charge in [0.05, 0.1) is 23.1 Å². The van der Waals surface area contributed by atoms with Gasteiger partial charge in [0.1, 0.15) is 25.7 Å². The molecule has 0 saturated carbocycles. The first kappa shape index (κ1) is 19.9. The highest BCUT2D eigenvalue weighted by molar-refractivity contribution is 6.33. The number of carbonyl (C=O) groups excluding carboxylic acids is 2. The minimum Gasteiger partial charge on any atom is -0.544 e. The average Bonchev–Trinajstić information content (AvgIpc) is 2.63. The lowest BCUT2D eigenvalue weighted by molar-refractivity contribution is -0.742. The number of aliphatic carboxylic acids is 1. The maximum absolute atomic E-state index is 12.1. The third-order valence-corrected chi connectivity index (χ3v) is 4.23. The van der Waals surface area contributed by atoms with Crippen molar-refractivity contribution in [1.29, 1.82) is 0 Å². The number of carbonyl (C=O) groups is 2. The molecular formula is C19H23ClN3O3+. The van der Waals surface area contributed by atoms with Crippen molar-refractivity contribution in [2.24, 2.45) is 0 Å². The van der Waals surface area contributed by atoms with Gasteiger partial charge in [-0.2, -0.15) is 0 Å². The van der Waals surface area contributed by atoms with Gasteiger partial charge in [-0.05, 0) is 12.1 Å². The summed E-state index contributed by atoms with van der Waals surface area (Å²) < 4.78 is 0. The highest BCUT2D eigenvalue weighted by Crippen LogP contribution is 2.20. The fraction of sp³-hybridized carbons (Fsp3) is 0.263. The number of nitrogens with one attached hydrogen (secondary N) is 1. The van der Waals surface area contributed by atoms with E-state index in [1.165, 1.54) is 5.56 Å². The first-order chi connectivity index (χ1) is 12.6. The standard InChI is InChI=1S/C19H22ClN3O3/c20-15-8-4-5-9-16(15)23-18(24)12-17(19(25)26)22-11-10-21-13-14-6-2-1-3-7-14/h1-9,17,21-22H,10-13H2,(H,23,24)(H,25,26)/p+1/t17-/m1/s1. The zero-order chi connectivity index (χ0) is 18.8. The van der Waals surface area contributed by atoms with Crippen molar-refractivity contribution in [2.75, 3.05) is 18.4 Å². The van der Waals surface area contributed by atoms with Crippen LogP contribution in [0.15, 0.2) is 54.6 Å². The Kier molecular flexibility index (Phi) is 8.08. The first-order valence-electron chi connectivity index (χ1n) is 8.50. The van der Waals surface area contributed by atoms with E-state index >= 15 is 0 Å². The van der Waals surface area contributed by atoms with E-state index in [2.05, 4.69) is 10.6 Å². The van der Waals surface area contributed by atoms with Crippen molar-refractivity contribution in [3.63, 3.8) is 0 Å². The van der Waals surface area contributed by atoms with Gasteiger partial charge in [0.15, 0.2) is 0 Å². The van der Waals surface area contributed by atoms with Crippen molar-refractivity contribution >= 4 is 29.2 Å². The molecule has 6 nitrogen and oxygen atoms in total. The number of para-hydroxylation sites is 1. The smallest absolute Gasteiger partial charge is 0.230 e. The molecule has 26 heavy (non-hydrogen) atoms. The molecule has 1 amide bonds. The van der Waals surface area contributed by atoms with Crippen LogP contribution >= 0.6 is 11.6 Å². The number of carboxylic acids is 1. The van der Waals surface area contributed by atoms with Gasteiger partial charge in [0.25, 0.3) is 0 Å². The number of hydrogen-bond acceptors (Lipinski definition) is 3. The molecule has 7 heteroatoms. The van der Waals surface area contributed by atoms with E-state index in [0.717, 1.165) is 13.1 Å². The van der Waals surface area contributed by atoms with Gasteiger partial charge in [-0.15, -0.1) is 0 Å². The van der Waals surface area contributed by atoms with Crippen LogP contribution in [0.4, 0.5) is 5.69 Å². The van der Waals surface area contributed by atoms with E-state index in [1.807, 2.05) is 30.3 Å². The number of halogens is 1. The normalized spacial score (nSPS) is 11.7. The van der Waals surface area contributed by atoms with E-state index < -0.39 is 17.9 Å². The molecular weight excluding hydrogens is 354 g/mol. The molecule has 0 saturated heterocycles. The van der Waals surface area contributed by atoms with Gasteiger partial charge in [-0.25, -0.2) is 0 Å². The lowest BCUT2D eigenvalue weighted by Crippen LogP contribution is -2.99. The molecule has 1 atom stereocenters. The first-order valence-corrected chi connectivity index (χ1v) is 8.88. The number of carboxylic acid groups (broad SMARTS) is 1. The molecule has 0 aliphatic carbocycles. The largest absolute Gasteiger partial charge is 0.544 e. The summed E-state index contributed by atoms with van der Waals surface area (Å²) in [4.78, 5) is 23.3. The minimum absolute atomic E-state index is 0.174. The summed E-state index contributed by atoms with van der Waals surface area (Å²) in [6.07, 6.45) is -0.174. The molecule has 0 aliphatic heterocycles. The highest BCUT2D eigenvalue weighted by atomic mass is 35.5. The molecule has 0 heterocycles. The van der Waals surface area contributed by atoms with Gasteiger partial charge < -0.3 is 25.9 Å². The Morgan fingerprint density at radius 2 is 1.73 bits per heavy atom. The molecule has 0 aromatic heterocycles. The summed E-state index contributed by atoms with van der Waals surface area (Å²) in [5, 5.41) is 18.0. The second-order valence-electron chi connectivity index (χ2n) is 5.95. The number of rotatable bonds is 10. The number of quaternary nitrogens is 2. The fourth-order valence-electron chi connectivity index (χ4n) is 2.52.